The first-order valence-corrected chi connectivity index (χ1v) is 5.78. The number of amides is 1. The fourth-order valence-corrected chi connectivity index (χ4v) is 1.45. The summed E-state index contributed by atoms with van der Waals surface area (Å²) in [5.41, 5.74) is 8.66. The molecule has 0 unspecified atom stereocenters. The van der Waals surface area contributed by atoms with Crippen LogP contribution in [-0.2, 0) is 4.79 Å². The molecule has 0 radical (unpaired) electrons. The Kier molecular flexibility index (Phi) is 6.28. The summed E-state index contributed by atoms with van der Waals surface area (Å²) in [5.74, 6) is -0.420. The number of nitrogens with zero attached hydrogens (tertiary/aromatic N) is 3. The third-order valence-electron chi connectivity index (χ3n) is 2.35. The van der Waals surface area contributed by atoms with Crippen LogP contribution in [0.3, 0.4) is 0 Å². The van der Waals surface area contributed by atoms with Gasteiger partial charge in [0.25, 0.3) is 0 Å². The average Bonchev–Trinajstić information content (AvgIpc) is 2.36. The predicted molar refractivity (Wildman–Crippen MR) is 67.5 cm³/mol. The Hall–Kier alpha value is -2.07. The Bertz CT molecular complexity index is 426. The molecule has 0 saturated carbocycles. The van der Waals surface area contributed by atoms with Crippen LogP contribution < -0.4 is 5.32 Å². The molecular weight excluding hydrogens is 235 g/mol. The summed E-state index contributed by atoms with van der Waals surface area (Å²) in [7, 11) is 0. The lowest BCUT2D eigenvalue weighted by atomic mass is 10.2. The van der Waals surface area contributed by atoms with E-state index in [9.17, 15) is 9.18 Å². The molecule has 96 valence electrons. The van der Waals surface area contributed by atoms with Gasteiger partial charge in [-0.2, -0.15) is 0 Å². The number of halogens is 1. The molecule has 0 aliphatic carbocycles. The number of anilines is 1. The summed E-state index contributed by atoms with van der Waals surface area (Å²) in [5, 5.41) is 6.09. The largest absolute Gasteiger partial charge is 0.326 e. The number of benzene rings is 1. The standard InChI is InChI=1S/C12H15FN4O/c13-10-5-7-11(8-6-10)16-12(18)4-2-1-3-9-15-17-14/h5-8H,1-4,9H2,(H,16,18). The average molecular weight is 250 g/mol. The molecule has 1 N–H and O–H groups in total. The van der Waals surface area contributed by atoms with E-state index in [4.69, 9.17) is 5.53 Å². The van der Waals surface area contributed by atoms with E-state index in [0.717, 1.165) is 19.3 Å². The smallest absolute Gasteiger partial charge is 0.224 e. The zero-order chi connectivity index (χ0) is 13.2. The highest BCUT2D eigenvalue weighted by Crippen LogP contribution is 2.09. The van der Waals surface area contributed by atoms with E-state index >= 15 is 0 Å². The Morgan fingerprint density at radius 1 is 1.28 bits per heavy atom. The van der Waals surface area contributed by atoms with Gasteiger partial charge in [0, 0.05) is 23.6 Å². The van der Waals surface area contributed by atoms with Crippen LogP contribution in [0, 0.1) is 5.82 Å². The molecule has 0 spiro atoms. The first-order chi connectivity index (χ1) is 8.72. The molecule has 0 fully saturated rings. The van der Waals surface area contributed by atoms with Crippen molar-refractivity contribution in [2.45, 2.75) is 25.7 Å². The first kappa shape index (κ1) is 14.0. The van der Waals surface area contributed by atoms with Gasteiger partial charge in [0.15, 0.2) is 0 Å². The third kappa shape index (κ3) is 5.86. The van der Waals surface area contributed by atoms with Gasteiger partial charge in [0.1, 0.15) is 5.82 Å². The quantitative estimate of drug-likeness (QED) is 0.341. The molecule has 0 saturated heterocycles. The Morgan fingerprint density at radius 2 is 2.00 bits per heavy atom. The fraction of sp³-hybridized carbons (Fsp3) is 0.417. The van der Waals surface area contributed by atoms with Gasteiger partial charge in [-0.15, -0.1) is 0 Å². The summed E-state index contributed by atoms with van der Waals surface area (Å²) in [6, 6.07) is 5.65. The number of unbranched alkanes of at least 4 members (excludes halogenated alkanes) is 2. The van der Waals surface area contributed by atoms with Gasteiger partial charge in [-0.1, -0.05) is 11.5 Å². The first-order valence-electron chi connectivity index (χ1n) is 5.78. The van der Waals surface area contributed by atoms with Crippen molar-refractivity contribution in [3.8, 4) is 0 Å². The van der Waals surface area contributed by atoms with E-state index in [1.54, 1.807) is 0 Å². The summed E-state index contributed by atoms with van der Waals surface area (Å²) in [6.07, 6.45) is 2.78. The maximum Gasteiger partial charge on any atom is 0.224 e. The third-order valence-corrected chi connectivity index (χ3v) is 2.35. The van der Waals surface area contributed by atoms with Crippen LogP contribution >= 0.6 is 0 Å². The Morgan fingerprint density at radius 3 is 2.67 bits per heavy atom. The van der Waals surface area contributed by atoms with Gasteiger partial charge in [-0.05, 0) is 42.6 Å². The molecule has 18 heavy (non-hydrogen) atoms. The molecule has 1 aromatic rings. The van der Waals surface area contributed by atoms with Crippen LogP contribution in [0.15, 0.2) is 29.4 Å². The summed E-state index contributed by atoms with van der Waals surface area (Å²) >= 11 is 0. The molecule has 0 aliphatic rings. The van der Waals surface area contributed by atoms with Crippen molar-refractivity contribution in [1.82, 2.24) is 0 Å². The molecule has 0 atom stereocenters. The second kappa shape index (κ2) is 8.08. The Labute approximate surface area is 105 Å². The van der Waals surface area contributed by atoms with Gasteiger partial charge in [0.05, 0.1) is 0 Å². The van der Waals surface area contributed by atoms with Gasteiger partial charge < -0.3 is 5.32 Å². The number of nitrogens with one attached hydrogen (secondary N) is 1. The van der Waals surface area contributed by atoms with Crippen LogP contribution in [0.1, 0.15) is 25.7 Å². The van der Waals surface area contributed by atoms with Crippen molar-refractivity contribution in [1.29, 1.82) is 0 Å². The minimum atomic E-state index is -0.328. The molecule has 1 amide bonds. The molecule has 1 rings (SSSR count). The van der Waals surface area contributed by atoms with Gasteiger partial charge in [-0.3, -0.25) is 4.79 Å². The normalized spacial score (nSPS) is 9.61. The minimum absolute atomic E-state index is 0.0922. The lowest BCUT2D eigenvalue weighted by Crippen LogP contribution is -2.10. The molecule has 0 heterocycles. The number of rotatable bonds is 7. The van der Waals surface area contributed by atoms with Crippen molar-refractivity contribution in [3.05, 3.63) is 40.5 Å². The molecule has 0 bridgehead atoms. The molecule has 6 heteroatoms. The van der Waals surface area contributed by atoms with Crippen molar-refractivity contribution in [2.24, 2.45) is 5.11 Å². The second-order valence-corrected chi connectivity index (χ2v) is 3.82. The van der Waals surface area contributed by atoms with Crippen molar-refractivity contribution in [3.63, 3.8) is 0 Å². The summed E-state index contributed by atoms with van der Waals surface area (Å²) in [4.78, 5) is 14.1. The number of azide groups is 1. The number of carbonyl (C=O) groups excluding carboxylic acids is 1. The topological polar surface area (TPSA) is 77.9 Å². The highest BCUT2D eigenvalue weighted by molar-refractivity contribution is 5.90. The summed E-state index contributed by atoms with van der Waals surface area (Å²) in [6.45, 7) is 0.468. The van der Waals surface area contributed by atoms with Gasteiger partial charge in [-0.25, -0.2) is 4.39 Å². The number of hydrogen-bond acceptors (Lipinski definition) is 2. The van der Waals surface area contributed by atoms with Crippen LogP contribution in [0.25, 0.3) is 10.4 Å². The SMILES string of the molecule is [N-]=[N+]=NCCCCCC(=O)Nc1ccc(F)cc1. The van der Waals surface area contributed by atoms with E-state index in [1.165, 1.54) is 24.3 Å². The maximum atomic E-state index is 12.6. The minimum Gasteiger partial charge on any atom is -0.326 e. The van der Waals surface area contributed by atoms with E-state index < -0.39 is 0 Å². The number of hydrogen-bond donors (Lipinski definition) is 1. The Balaban J connectivity index is 2.17. The van der Waals surface area contributed by atoms with Crippen LogP contribution in [0.4, 0.5) is 10.1 Å². The lowest BCUT2D eigenvalue weighted by molar-refractivity contribution is -0.116. The molecule has 0 aromatic heterocycles. The summed E-state index contributed by atoms with van der Waals surface area (Å²) < 4.78 is 12.6. The van der Waals surface area contributed by atoms with E-state index in [1.807, 2.05) is 0 Å². The molecule has 1 aromatic carbocycles. The number of carbonyl (C=O) groups is 1. The zero-order valence-corrected chi connectivity index (χ0v) is 9.97. The lowest BCUT2D eigenvalue weighted by Gasteiger charge is -2.04. The van der Waals surface area contributed by atoms with Crippen LogP contribution in [0.2, 0.25) is 0 Å². The van der Waals surface area contributed by atoms with Gasteiger partial charge >= 0.3 is 0 Å². The molecule has 5 nitrogen and oxygen atoms in total. The van der Waals surface area contributed by atoms with Crippen molar-refractivity contribution >= 4 is 11.6 Å². The van der Waals surface area contributed by atoms with Crippen molar-refractivity contribution < 1.29 is 9.18 Å². The van der Waals surface area contributed by atoms with E-state index in [0.29, 0.717) is 18.7 Å². The van der Waals surface area contributed by atoms with Crippen LogP contribution in [0.5, 0.6) is 0 Å². The van der Waals surface area contributed by atoms with Crippen LogP contribution in [-0.4, -0.2) is 12.5 Å². The van der Waals surface area contributed by atoms with Crippen molar-refractivity contribution in [2.75, 3.05) is 11.9 Å². The van der Waals surface area contributed by atoms with E-state index in [-0.39, 0.29) is 11.7 Å². The monoisotopic (exact) mass is 250 g/mol. The fourth-order valence-electron chi connectivity index (χ4n) is 1.45. The van der Waals surface area contributed by atoms with Gasteiger partial charge in [0.2, 0.25) is 5.91 Å². The molecule has 0 aliphatic heterocycles. The highest BCUT2D eigenvalue weighted by atomic mass is 19.1. The second-order valence-electron chi connectivity index (χ2n) is 3.82. The maximum absolute atomic E-state index is 12.6. The predicted octanol–water partition coefficient (Wildman–Crippen LogP) is 3.63. The molecular formula is C12H15FN4O. The van der Waals surface area contributed by atoms with E-state index in [2.05, 4.69) is 15.3 Å². The zero-order valence-electron chi connectivity index (χ0n) is 9.97. The highest BCUT2D eigenvalue weighted by Gasteiger charge is 2.02.